The van der Waals surface area contributed by atoms with E-state index < -0.39 is 23.2 Å². The summed E-state index contributed by atoms with van der Waals surface area (Å²) in [5.74, 6) is 0.197. The second-order valence-corrected chi connectivity index (χ2v) is 7.21. The molecule has 0 aromatic heterocycles. The number of hydrogen-bond donors (Lipinski definition) is 3. The highest BCUT2D eigenvalue weighted by Gasteiger charge is 2.43. The molecular formula is C19H28F3N3O2S. The van der Waals surface area contributed by atoms with Crippen molar-refractivity contribution in [3.63, 3.8) is 0 Å². The monoisotopic (exact) mass is 419 g/mol. The summed E-state index contributed by atoms with van der Waals surface area (Å²) < 4.78 is 48.0. The molecule has 3 rings (SSSR count). The topological polar surface area (TPSA) is 68.5 Å². The molecule has 1 aromatic rings. The van der Waals surface area contributed by atoms with Crippen LogP contribution in [0.4, 0.5) is 13.2 Å². The molecule has 0 radical (unpaired) electrons. The van der Waals surface area contributed by atoms with Gasteiger partial charge in [-0.2, -0.15) is 13.2 Å². The lowest BCUT2D eigenvalue weighted by atomic mass is 9.77. The van der Waals surface area contributed by atoms with Crippen molar-refractivity contribution in [1.29, 1.82) is 0 Å². The molecule has 1 spiro atoms. The van der Waals surface area contributed by atoms with Crippen LogP contribution in [-0.4, -0.2) is 31.7 Å². The zero-order valence-electron chi connectivity index (χ0n) is 16.4. The lowest BCUT2D eigenvalue weighted by Gasteiger charge is -2.45. The Bertz CT molecular complexity index is 685. The van der Waals surface area contributed by atoms with Crippen LogP contribution in [-0.2, 0) is 16.8 Å². The molecule has 158 valence electrons. The Morgan fingerprint density at radius 3 is 2.86 bits per heavy atom. The van der Waals surface area contributed by atoms with Gasteiger partial charge in [-0.15, -0.1) is 0 Å². The maximum atomic E-state index is 12.3. The number of nitrogens with two attached hydrogens (primary N) is 1. The molecule has 4 N–H and O–H groups in total. The highest BCUT2D eigenvalue weighted by atomic mass is 32.2. The molecule has 2 aliphatic rings. The molecule has 1 aromatic carbocycles. The summed E-state index contributed by atoms with van der Waals surface area (Å²) in [4.78, 5) is 0. The van der Waals surface area contributed by atoms with E-state index in [2.05, 4.69) is 10.6 Å². The predicted molar refractivity (Wildman–Crippen MR) is 106 cm³/mol. The van der Waals surface area contributed by atoms with Gasteiger partial charge in [0.25, 0.3) is 0 Å². The van der Waals surface area contributed by atoms with Gasteiger partial charge < -0.3 is 25.3 Å². The number of benzene rings is 1. The van der Waals surface area contributed by atoms with Crippen LogP contribution in [0.3, 0.4) is 0 Å². The van der Waals surface area contributed by atoms with Crippen molar-refractivity contribution < 1.29 is 22.1 Å². The van der Waals surface area contributed by atoms with Crippen LogP contribution in [0, 0.1) is 0 Å². The average Bonchev–Trinajstić information content (AvgIpc) is 2.68. The summed E-state index contributed by atoms with van der Waals surface area (Å²) in [6, 6.07) is 5.04. The molecule has 0 bridgehead atoms. The second kappa shape index (κ2) is 9.76. The normalized spacial score (nSPS) is 24.8. The van der Waals surface area contributed by atoms with E-state index in [9.17, 15) is 13.2 Å². The lowest BCUT2D eigenvalue weighted by Crippen LogP contribution is -2.51. The maximum Gasteiger partial charge on any atom is 0.479 e. The minimum atomic E-state index is -4.43. The van der Waals surface area contributed by atoms with Gasteiger partial charge in [-0.1, -0.05) is 19.9 Å². The quantitative estimate of drug-likeness (QED) is 0.645. The molecule has 0 amide bonds. The fraction of sp³-hybridized carbons (Fsp3) is 0.579. The van der Waals surface area contributed by atoms with Crippen LogP contribution in [0.1, 0.15) is 37.8 Å². The van der Waals surface area contributed by atoms with Gasteiger partial charge >= 0.3 is 5.51 Å². The molecule has 9 heteroatoms. The van der Waals surface area contributed by atoms with Crippen molar-refractivity contribution in [2.24, 2.45) is 5.73 Å². The first-order valence-corrected chi connectivity index (χ1v) is 10.1. The Morgan fingerprint density at radius 1 is 1.43 bits per heavy atom. The van der Waals surface area contributed by atoms with Crippen molar-refractivity contribution >= 4 is 12.0 Å². The van der Waals surface area contributed by atoms with Crippen LogP contribution in [0.25, 0.3) is 0 Å². The lowest BCUT2D eigenvalue weighted by molar-refractivity contribution is -0.0867. The zero-order valence-corrected chi connectivity index (χ0v) is 17.2. The van der Waals surface area contributed by atoms with E-state index in [1.807, 2.05) is 19.9 Å². The van der Waals surface area contributed by atoms with Gasteiger partial charge in [-0.3, -0.25) is 0 Å². The summed E-state index contributed by atoms with van der Waals surface area (Å²) >= 11 is -0.498. The van der Waals surface area contributed by atoms with E-state index in [1.165, 1.54) is 0 Å². The smallest absolute Gasteiger partial charge is 0.417 e. The number of rotatable bonds is 4. The van der Waals surface area contributed by atoms with Crippen LogP contribution in [0.2, 0.25) is 0 Å². The largest absolute Gasteiger partial charge is 0.479 e. The van der Waals surface area contributed by atoms with Crippen molar-refractivity contribution in [2.75, 3.05) is 20.2 Å². The van der Waals surface area contributed by atoms with Crippen molar-refractivity contribution in [3.05, 3.63) is 41.2 Å². The number of fused-ring (bicyclic) bond motifs is 2. The van der Waals surface area contributed by atoms with E-state index >= 15 is 0 Å². The minimum Gasteiger partial charge on any atom is -0.417 e. The molecule has 2 atom stereocenters. The Morgan fingerprint density at radius 2 is 2.18 bits per heavy atom. The number of nitrogens with one attached hydrogen (secondary N) is 2. The number of halogens is 3. The first-order valence-electron chi connectivity index (χ1n) is 9.39. The summed E-state index contributed by atoms with van der Waals surface area (Å²) in [5, 5.41) is 6.32. The van der Waals surface area contributed by atoms with Gasteiger partial charge in [0, 0.05) is 25.4 Å². The van der Waals surface area contributed by atoms with E-state index in [0.29, 0.717) is 25.1 Å². The average molecular weight is 420 g/mol. The molecule has 1 fully saturated rings. The van der Waals surface area contributed by atoms with Crippen LogP contribution in [0.5, 0.6) is 5.75 Å². The van der Waals surface area contributed by atoms with Crippen LogP contribution in [0.15, 0.2) is 30.1 Å². The van der Waals surface area contributed by atoms with Crippen molar-refractivity contribution in [2.45, 2.75) is 50.3 Å². The molecular weight excluding hydrogens is 391 g/mol. The van der Waals surface area contributed by atoms with Crippen molar-refractivity contribution in [1.82, 2.24) is 10.6 Å². The molecule has 28 heavy (non-hydrogen) atoms. The van der Waals surface area contributed by atoms with E-state index in [0.717, 1.165) is 24.1 Å². The number of ether oxygens (including phenoxy) is 1. The van der Waals surface area contributed by atoms with E-state index in [1.54, 1.807) is 25.4 Å². The third-order valence-corrected chi connectivity index (χ3v) is 5.18. The van der Waals surface area contributed by atoms with Gasteiger partial charge in [0.05, 0.1) is 18.2 Å². The van der Waals surface area contributed by atoms with Crippen molar-refractivity contribution in [3.8, 4) is 5.75 Å². The zero-order chi connectivity index (χ0) is 20.8. The standard InChI is InChI=1S/C17H22F3N3O2S.C2H6/c1-22-10-14(21)15-9-16(5-6-23-15)13-3-2-12(25-26-17(18,19)20)8-11(13)4-7-24-16;1-2/h2-3,8,10,15,22-23H,4-7,9,21H2,1H3;1-2H3/b14-10-;/t15-,16?;/m0./s1. The molecule has 5 nitrogen and oxygen atoms in total. The summed E-state index contributed by atoms with van der Waals surface area (Å²) in [6.45, 7) is 5.26. The molecule has 0 aliphatic carbocycles. The van der Waals surface area contributed by atoms with Gasteiger partial charge in [0.1, 0.15) is 5.75 Å². The summed E-state index contributed by atoms with van der Waals surface area (Å²) in [6.07, 6.45) is 3.85. The number of alkyl halides is 3. The predicted octanol–water partition coefficient (Wildman–Crippen LogP) is 3.80. The molecule has 2 heterocycles. The molecule has 2 aliphatic heterocycles. The molecule has 0 saturated carbocycles. The first-order chi connectivity index (χ1) is 13.3. The van der Waals surface area contributed by atoms with Crippen LogP contribution >= 0.6 is 12.0 Å². The summed E-state index contributed by atoms with van der Waals surface area (Å²) in [7, 11) is 1.79. The number of piperidine rings is 1. The highest BCUT2D eigenvalue weighted by molar-refractivity contribution is 7.95. The fourth-order valence-corrected chi connectivity index (χ4v) is 3.93. The first kappa shape index (κ1) is 22.7. The second-order valence-electron chi connectivity index (χ2n) is 6.42. The minimum absolute atomic E-state index is 0.0288. The highest BCUT2D eigenvalue weighted by Crippen LogP contribution is 2.43. The Labute approximate surface area is 168 Å². The molecule has 1 saturated heterocycles. The number of hydrogen-bond acceptors (Lipinski definition) is 6. The third kappa shape index (κ3) is 5.48. The summed E-state index contributed by atoms with van der Waals surface area (Å²) in [5.41, 5.74) is 3.89. The van der Waals surface area contributed by atoms with Gasteiger partial charge in [-0.05, 0) is 42.6 Å². The molecule has 1 unspecified atom stereocenters. The maximum absolute atomic E-state index is 12.3. The van der Waals surface area contributed by atoms with Gasteiger partial charge in [-0.25, -0.2) is 0 Å². The Hall–Kier alpha value is -1.58. The third-order valence-electron chi connectivity index (χ3n) is 4.72. The van der Waals surface area contributed by atoms with E-state index in [4.69, 9.17) is 14.7 Å². The fourth-order valence-electron chi connectivity index (χ4n) is 3.63. The van der Waals surface area contributed by atoms with E-state index in [-0.39, 0.29) is 11.8 Å². The SMILES string of the molecule is CC.CN/C=C(\N)[C@@H]1CC2(CCN1)OCCc1cc(OSC(F)(F)F)ccc12. The van der Waals surface area contributed by atoms with Gasteiger partial charge in [0.2, 0.25) is 0 Å². The van der Waals surface area contributed by atoms with Gasteiger partial charge in [0.15, 0.2) is 12.0 Å². The Balaban J connectivity index is 0.00000136. The van der Waals surface area contributed by atoms with Crippen LogP contribution < -0.4 is 20.6 Å². The Kier molecular flexibility index (Phi) is 7.91.